The van der Waals surface area contributed by atoms with E-state index >= 15 is 0 Å². The third-order valence-corrected chi connectivity index (χ3v) is 6.37. The maximum Gasteiger partial charge on any atom is 0.231 e. The van der Waals surface area contributed by atoms with E-state index in [4.69, 9.17) is 4.52 Å². The fraction of sp³-hybridized carbons (Fsp3) is 0.435. The number of amides is 1. The number of carbonyl (C=O) groups is 1. The third kappa shape index (κ3) is 4.98. The van der Waals surface area contributed by atoms with E-state index in [1.807, 2.05) is 25.0 Å². The number of hydrogen-bond acceptors (Lipinski definition) is 7. The summed E-state index contributed by atoms with van der Waals surface area (Å²) >= 11 is 1.52. The Morgan fingerprint density at radius 1 is 1.25 bits per heavy atom. The summed E-state index contributed by atoms with van der Waals surface area (Å²) in [5.41, 5.74) is 3.48. The number of thioether (sulfide) groups is 1. The maximum atomic E-state index is 13.5. The van der Waals surface area contributed by atoms with Gasteiger partial charge in [0.1, 0.15) is 5.82 Å². The Morgan fingerprint density at radius 2 is 2.03 bits per heavy atom. The number of rotatable bonds is 6. The monoisotopic (exact) mass is 455 g/mol. The zero-order valence-electron chi connectivity index (χ0n) is 18.5. The van der Waals surface area contributed by atoms with Crippen molar-refractivity contribution in [2.45, 2.75) is 50.6 Å². The maximum absolute atomic E-state index is 13.5. The first-order valence-electron chi connectivity index (χ1n) is 10.7. The fourth-order valence-corrected chi connectivity index (χ4v) is 4.56. The van der Waals surface area contributed by atoms with E-state index < -0.39 is 0 Å². The summed E-state index contributed by atoms with van der Waals surface area (Å²) in [5.74, 6) is 0.599. The topological polar surface area (TPSA) is 85.0 Å². The van der Waals surface area contributed by atoms with E-state index in [1.165, 1.54) is 23.9 Å². The van der Waals surface area contributed by atoms with Crippen molar-refractivity contribution in [2.24, 2.45) is 0 Å². The molecule has 0 bridgehead atoms. The van der Waals surface area contributed by atoms with Crippen molar-refractivity contribution >= 4 is 17.7 Å². The number of hydrogen-bond donors (Lipinski definition) is 0. The van der Waals surface area contributed by atoms with Gasteiger partial charge in [0.05, 0.1) is 5.92 Å². The molecule has 168 valence electrons. The van der Waals surface area contributed by atoms with Crippen LogP contribution in [0.25, 0.3) is 11.4 Å². The van der Waals surface area contributed by atoms with Crippen molar-refractivity contribution in [1.82, 2.24) is 25.0 Å². The summed E-state index contributed by atoms with van der Waals surface area (Å²) in [5, 5.41) is 4.77. The van der Waals surface area contributed by atoms with Gasteiger partial charge in [-0.3, -0.25) is 4.79 Å². The lowest BCUT2D eigenvalue weighted by molar-refractivity contribution is -0.132. The van der Waals surface area contributed by atoms with Gasteiger partial charge in [-0.15, -0.1) is 0 Å². The molecular formula is C23H26FN5O2S. The molecule has 0 spiro atoms. The summed E-state index contributed by atoms with van der Waals surface area (Å²) in [4.78, 5) is 28.3. The smallest absolute Gasteiger partial charge is 0.231 e. The molecule has 0 saturated carbocycles. The molecule has 1 fully saturated rings. The van der Waals surface area contributed by atoms with Crippen LogP contribution in [0.2, 0.25) is 0 Å². The molecule has 3 heterocycles. The predicted molar refractivity (Wildman–Crippen MR) is 120 cm³/mol. The number of halogens is 1. The van der Waals surface area contributed by atoms with Crippen LogP contribution in [0.3, 0.4) is 0 Å². The molecule has 1 aliphatic heterocycles. The first-order chi connectivity index (χ1) is 15.4. The van der Waals surface area contributed by atoms with Crippen LogP contribution < -0.4 is 0 Å². The Balaban J connectivity index is 1.39. The van der Waals surface area contributed by atoms with E-state index in [-0.39, 0.29) is 17.6 Å². The molecule has 1 saturated heterocycles. The van der Waals surface area contributed by atoms with Crippen molar-refractivity contribution < 1.29 is 13.7 Å². The van der Waals surface area contributed by atoms with Gasteiger partial charge in [-0.05, 0) is 57.1 Å². The number of carbonyl (C=O) groups excluding carboxylic acids is 1. The SMILES string of the molecule is CSc1nc(C)c(CCC(=O)N2CCCC(c3nc(-c4cccc(F)c4)no3)C2)c(C)n1. The first kappa shape index (κ1) is 22.4. The highest BCUT2D eigenvalue weighted by atomic mass is 32.2. The second kappa shape index (κ2) is 9.77. The zero-order valence-corrected chi connectivity index (χ0v) is 19.3. The Labute approximate surface area is 190 Å². The molecule has 7 nitrogen and oxygen atoms in total. The van der Waals surface area contributed by atoms with E-state index in [0.717, 1.165) is 41.5 Å². The number of nitrogens with zero attached hydrogens (tertiary/aromatic N) is 5. The molecule has 4 rings (SSSR count). The van der Waals surface area contributed by atoms with Gasteiger partial charge in [-0.1, -0.05) is 29.1 Å². The number of aromatic nitrogens is 4. The average Bonchev–Trinajstić information content (AvgIpc) is 3.29. The second-order valence-electron chi connectivity index (χ2n) is 8.01. The molecule has 9 heteroatoms. The molecule has 0 radical (unpaired) electrons. The lowest BCUT2D eigenvalue weighted by Gasteiger charge is -2.31. The average molecular weight is 456 g/mol. The largest absolute Gasteiger partial charge is 0.342 e. The minimum Gasteiger partial charge on any atom is -0.342 e. The van der Waals surface area contributed by atoms with Gasteiger partial charge in [0.25, 0.3) is 0 Å². The summed E-state index contributed by atoms with van der Waals surface area (Å²) in [7, 11) is 0. The number of aryl methyl sites for hydroxylation is 2. The number of likely N-dealkylation sites (tertiary alicyclic amines) is 1. The van der Waals surface area contributed by atoms with Crippen LogP contribution in [0.4, 0.5) is 4.39 Å². The van der Waals surface area contributed by atoms with Gasteiger partial charge < -0.3 is 9.42 Å². The summed E-state index contributed by atoms with van der Waals surface area (Å²) in [6.45, 7) is 5.21. The quantitative estimate of drug-likeness (QED) is 0.404. The Hall–Kier alpha value is -2.81. The second-order valence-corrected chi connectivity index (χ2v) is 8.78. The van der Waals surface area contributed by atoms with Crippen LogP contribution >= 0.6 is 11.8 Å². The molecule has 3 aromatic rings. The minimum absolute atomic E-state index is 0.0184. The van der Waals surface area contributed by atoms with Gasteiger partial charge >= 0.3 is 0 Å². The molecule has 0 N–H and O–H groups in total. The van der Waals surface area contributed by atoms with Gasteiger partial charge in [0, 0.05) is 36.5 Å². The molecule has 1 amide bonds. The highest BCUT2D eigenvalue weighted by Gasteiger charge is 2.28. The fourth-order valence-electron chi connectivity index (χ4n) is 4.10. The van der Waals surface area contributed by atoms with Gasteiger partial charge in [0.2, 0.25) is 17.6 Å². The predicted octanol–water partition coefficient (Wildman–Crippen LogP) is 4.34. The minimum atomic E-state index is -0.345. The standard InChI is InChI=1S/C23H26FN5O2S/c1-14-19(15(2)26-23(25-14)32-3)9-10-20(30)29-11-5-7-17(13-29)22-27-21(28-31-22)16-6-4-8-18(24)12-16/h4,6,8,12,17H,5,7,9-11,13H2,1-3H3. The van der Waals surface area contributed by atoms with Crippen LogP contribution in [0.1, 0.15) is 48.0 Å². The van der Waals surface area contributed by atoms with Crippen molar-refractivity contribution in [2.75, 3.05) is 19.3 Å². The third-order valence-electron chi connectivity index (χ3n) is 5.82. The highest BCUT2D eigenvalue weighted by Crippen LogP contribution is 2.28. The van der Waals surface area contributed by atoms with E-state index in [9.17, 15) is 9.18 Å². The normalized spacial score (nSPS) is 16.4. The summed E-state index contributed by atoms with van der Waals surface area (Å²) in [6.07, 6.45) is 4.73. The van der Waals surface area contributed by atoms with Crippen molar-refractivity contribution in [3.63, 3.8) is 0 Å². The van der Waals surface area contributed by atoms with Crippen LogP contribution in [0, 0.1) is 19.7 Å². The van der Waals surface area contributed by atoms with E-state index in [2.05, 4.69) is 20.1 Å². The summed E-state index contributed by atoms with van der Waals surface area (Å²) in [6, 6.07) is 6.12. The molecule has 32 heavy (non-hydrogen) atoms. The molecule has 2 aromatic heterocycles. The Bertz CT molecular complexity index is 1100. The van der Waals surface area contributed by atoms with Crippen molar-refractivity contribution in [1.29, 1.82) is 0 Å². The van der Waals surface area contributed by atoms with Crippen molar-refractivity contribution in [3.05, 3.63) is 52.9 Å². The van der Waals surface area contributed by atoms with Crippen LogP contribution in [-0.2, 0) is 11.2 Å². The van der Waals surface area contributed by atoms with Gasteiger partial charge in [-0.2, -0.15) is 4.98 Å². The number of piperidine rings is 1. The number of benzene rings is 1. The van der Waals surface area contributed by atoms with Crippen LogP contribution in [-0.4, -0.2) is 50.3 Å². The van der Waals surface area contributed by atoms with Gasteiger partial charge in [-0.25, -0.2) is 14.4 Å². The molecular weight excluding hydrogens is 429 g/mol. The van der Waals surface area contributed by atoms with Crippen molar-refractivity contribution in [3.8, 4) is 11.4 Å². The molecule has 0 aliphatic carbocycles. The van der Waals surface area contributed by atoms with E-state index in [0.29, 0.717) is 36.7 Å². The lowest BCUT2D eigenvalue weighted by Crippen LogP contribution is -2.39. The van der Waals surface area contributed by atoms with Crippen LogP contribution in [0.5, 0.6) is 0 Å². The van der Waals surface area contributed by atoms with E-state index in [1.54, 1.807) is 12.1 Å². The molecule has 1 unspecified atom stereocenters. The molecule has 1 aliphatic rings. The molecule has 1 atom stereocenters. The lowest BCUT2D eigenvalue weighted by atomic mass is 9.97. The van der Waals surface area contributed by atoms with Gasteiger partial charge in [0.15, 0.2) is 5.16 Å². The summed E-state index contributed by atoms with van der Waals surface area (Å²) < 4.78 is 19.0. The first-order valence-corrected chi connectivity index (χ1v) is 11.9. The highest BCUT2D eigenvalue weighted by molar-refractivity contribution is 7.98. The Morgan fingerprint density at radius 3 is 2.75 bits per heavy atom. The molecule has 1 aromatic carbocycles. The zero-order chi connectivity index (χ0) is 22.7. The Kier molecular flexibility index (Phi) is 6.83. The van der Waals surface area contributed by atoms with Crippen LogP contribution in [0.15, 0.2) is 33.9 Å².